The second kappa shape index (κ2) is 5.62. The number of hydrogen-bond acceptors (Lipinski definition) is 2. The molecule has 0 aliphatic carbocycles. The van der Waals surface area contributed by atoms with Crippen molar-refractivity contribution in [3.05, 3.63) is 70.4 Å². The predicted octanol–water partition coefficient (Wildman–Crippen LogP) is 5.09. The van der Waals surface area contributed by atoms with E-state index in [0.29, 0.717) is 4.64 Å². The Bertz CT molecular complexity index is 818. The summed E-state index contributed by atoms with van der Waals surface area (Å²) in [4.78, 5) is 0. The van der Waals surface area contributed by atoms with Crippen molar-refractivity contribution in [2.75, 3.05) is 0 Å². The zero-order chi connectivity index (χ0) is 14.8. The summed E-state index contributed by atoms with van der Waals surface area (Å²) in [6.07, 6.45) is 0. The largest absolute Gasteiger partial charge is 0.267 e. The van der Waals surface area contributed by atoms with E-state index >= 15 is 0 Å². The van der Waals surface area contributed by atoms with E-state index in [1.807, 2.05) is 13.0 Å². The Hall–Kier alpha value is -2.26. The highest BCUT2D eigenvalue weighted by Crippen LogP contribution is 2.26. The SMILES string of the molecule is Cc1c(-c2ccc(-c3ccccc3)cc2)n[nH]c(=S)c1C. The Morgan fingerprint density at radius 2 is 1.33 bits per heavy atom. The quantitative estimate of drug-likeness (QED) is 0.666. The lowest BCUT2D eigenvalue weighted by molar-refractivity contribution is 0.987. The van der Waals surface area contributed by atoms with Crippen LogP contribution in [0.3, 0.4) is 0 Å². The van der Waals surface area contributed by atoms with Crippen molar-refractivity contribution in [3.8, 4) is 22.4 Å². The normalized spacial score (nSPS) is 10.6. The fraction of sp³-hybridized carbons (Fsp3) is 0.111. The van der Waals surface area contributed by atoms with Crippen LogP contribution in [0.15, 0.2) is 54.6 Å². The molecule has 21 heavy (non-hydrogen) atoms. The van der Waals surface area contributed by atoms with Gasteiger partial charge in [-0.15, -0.1) is 0 Å². The van der Waals surface area contributed by atoms with E-state index in [4.69, 9.17) is 12.2 Å². The number of hydrogen-bond donors (Lipinski definition) is 1. The molecule has 0 saturated carbocycles. The lowest BCUT2D eigenvalue weighted by atomic mass is 10.0. The van der Waals surface area contributed by atoms with Crippen LogP contribution in [-0.4, -0.2) is 10.2 Å². The second-order valence-electron chi connectivity index (χ2n) is 5.09. The van der Waals surface area contributed by atoms with Crippen molar-refractivity contribution in [2.24, 2.45) is 0 Å². The first kappa shape index (κ1) is 13.7. The van der Waals surface area contributed by atoms with E-state index in [-0.39, 0.29) is 0 Å². The Balaban J connectivity index is 2.02. The molecule has 0 unspecified atom stereocenters. The van der Waals surface area contributed by atoms with E-state index in [2.05, 4.69) is 65.7 Å². The molecule has 2 nitrogen and oxygen atoms in total. The molecule has 1 heterocycles. The minimum absolute atomic E-state index is 0.706. The number of aromatic amines is 1. The highest BCUT2D eigenvalue weighted by Gasteiger charge is 2.07. The van der Waals surface area contributed by atoms with E-state index in [1.54, 1.807) is 0 Å². The van der Waals surface area contributed by atoms with Crippen molar-refractivity contribution in [2.45, 2.75) is 13.8 Å². The first-order valence-corrected chi connectivity index (χ1v) is 7.29. The summed E-state index contributed by atoms with van der Waals surface area (Å²) < 4.78 is 0.706. The third kappa shape index (κ3) is 2.65. The lowest BCUT2D eigenvalue weighted by Crippen LogP contribution is -1.96. The molecule has 2 aromatic carbocycles. The standard InChI is InChI=1S/C18H16N2S/c1-12-13(2)18(21)20-19-17(12)16-10-8-15(9-11-16)14-6-4-3-5-7-14/h3-11H,1-2H3,(H,20,21). The van der Waals surface area contributed by atoms with Crippen LogP contribution in [-0.2, 0) is 0 Å². The van der Waals surface area contributed by atoms with Gasteiger partial charge >= 0.3 is 0 Å². The average Bonchev–Trinajstić information content (AvgIpc) is 2.54. The molecule has 3 heteroatoms. The van der Waals surface area contributed by atoms with Gasteiger partial charge in [-0.05, 0) is 36.1 Å². The summed E-state index contributed by atoms with van der Waals surface area (Å²) in [5.74, 6) is 0. The lowest BCUT2D eigenvalue weighted by Gasteiger charge is -2.08. The van der Waals surface area contributed by atoms with Crippen molar-refractivity contribution in [1.29, 1.82) is 0 Å². The summed E-state index contributed by atoms with van der Waals surface area (Å²) >= 11 is 5.22. The Kier molecular flexibility index (Phi) is 3.67. The molecule has 0 aliphatic heterocycles. The molecule has 0 radical (unpaired) electrons. The fourth-order valence-corrected chi connectivity index (χ4v) is 2.55. The maximum absolute atomic E-state index is 5.22. The predicted molar refractivity (Wildman–Crippen MR) is 89.8 cm³/mol. The summed E-state index contributed by atoms with van der Waals surface area (Å²) in [6.45, 7) is 4.09. The molecule has 104 valence electrons. The van der Waals surface area contributed by atoms with Crippen molar-refractivity contribution >= 4 is 12.2 Å². The maximum atomic E-state index is 5.22. The highest BCUT2D eigenvalue weighted by molar-refractivity contribution is 7.71. The minimum atomic E-state index is 0.706. The van der Waals surface area contributed by atoms with Gasteiger partial charge in [-0.25, -0.2) is 0 Å². The molecule has 3 aromatic rings. The van der Waals surface area contributed by atoms with E-state index in [0.717, 1.165) is 22.4 Å². The van der Waals surface area contributed by atoms with Gasteiger partial charge in [-0.2, -0.15) is 5.10 Å². The molecule has 0 amide bonds. The number of benzene rings is 2. The summed E-state index contributed by atoms with van der Waals surface area (Å²) in [6, 6.07) is 18.8. The molecule has 1 N–H and O–H groups in total. The molecule has 0 saturated heterocycles. The maximum Gasteiger partial charge on any atom is 0.122 e. The third-order valence-electron chi connectivity index (χ3n) is 3.79. The topological polar surface area (TPSA) is 28.7 Å². The average molecular weight is 292 g/mol. The number of nitrogens with zero attached hydrogens (tertiary/aromatic N) is 1. The summed E-state index contributed by atoms with van der Waals surface area (Å²) in [7, 11) is 0. The minimum Gasteiger partial charge on any atom is -0.267 e. The zero-order valence-electron chi connectivity index (χ0n) is 12.1. The number of H-pyrrole nitrogens is 1. The number of rotatable bonds is 2. The van der Waals surface area contributed by atoms with Gasteiger partial charge in [0, 0.05) is 5.56 Å². The van der Waals surface area contributed by atoms with Crippen molar-refractivity contribution < 1.29 is 0 Å². The van der Waals surface area contributed by atoms with Gasteiger partial charge in [0.2, 0.25) is 0 Å². The summed E-state index contributed by atoms with van der Waals surface area (Å²) in [5.41, 5.74) is 6.70. The highest BCUT2D eigenvalue weighted by atomic mass is 32.1. The molecule has 0 aliphatic rings. The molecular formula is C18H16N2S. The molecular weight excluding hydrogens is 276 g/mol. The molecule has 3 rings (SSSR count). The van der Waals surface area contributed by atoms with E-state index in [1.165, 1.54) is 11.1 Å². The third-order valence-corrected chi connectivity index (χ3v) is 4.19. The second-order valence-corrected chi connectivity index (χ2v) is 5.50. The van der Waals surface area contributed by atoms with Crippen LogP contribution < -0.4 is 0 Å². The zero-order valence-corrected chi connectivity index (χ0v) is 12.9. The monoisotopic (exact) mass is 292 g/mol. The van der Waals surface area contributed by atoms with E-state index in [9.17, 15) is 0 Å². The van der Waals surface area contributed by atoms with Crippen LogP contribution in [0.2, 0.25) is 0 Å². The molecule has 1 aromatic heterocycles. The van der Waals surface area contributed by atoms with Gasteiger partial charge in [0.1, 0.15) is 4.64 Å². The van der Waals surface area contributed by atoms with Crippen LogP contribution in [0.5, 0.6) is 0 Å². The number of aromatic nitrogens is 2. The van der Waals surface area contributed by atoms with Crippen LogP contribution in [0.1, 0.15) is 11.1 Å². The molecule has 0 spiro atoms. The first-order valence-electron chi connectivity index (χ1n) is 6.88. The molecule has 0 fully saturated rings. The molecule has 0 bridgehead atoms. The van der Waals surface area contributed by atoms with Crippen molar-refractivity contribution in [1.82, 2.24) is 10.2 Å². The van der Waals surface area contributed by atoms with Gasteiger partial charge in [-0.3, -0.25) is 5.10 Å². The summed E-state index contributed by atoms with van der Waals surface area (Å²) in [5, 5.41) is 7.30. The Morgan fingerprint density at radius 1 is 0.762 bits per heavy atom. The van der Waals surface area contributed by atoms with Gasteiger partial charge in [0.15, 0.2) is 0 Å². The van der Waals surface area contributed by atoms with E-state index < -0.39 is 0 Å². The smallest absolute Gasteiger partial charge is 0.122 e. The fourth-order valence-electron chi connectivity index (χ4n) is 2.35. The van der Waals surface area contributed by atoms with Crippen LogP contribution in [0.4, 0.5) is 0 Å². The van der Waals surface area contributed by atoms with Crippen molar-refractivity contribution in [3.63, 3.8) is 0 Å². The Labute approximate surface area is 129 Å². The van der Waals surface area contributed by atoms with Gasteiger partial charge in [0.25, 0.3) is 0 Å². The van der Waals surface area contributed by atoms with Gasteiger partial charge in [0.05, 0.1) is 5.69 Å². The van der Waals surface area contributed by atoms with Crippen LogP contribution in [0.25, 0.3) is 22.4 Å². The first-order chi connectivity index (χ1) is 10.2. The Morgan fingerprint density at radius 3 is 2.00 bits per heavy atom. The van der Waals surface area contributed by atoms with Crippen LogP contribution >= 0.6 is 12.2 Å². The van der Waals surface area contributed by atoms with Crippen LogP contribution in [0, 0.1) is 18.5 Å². The van der Waals surface area contributed by atoms with Gasteiger partial charge in [-0.1, -0.05) is 66.8 Å². The number of nitrogens with one attached hydrogen (secondary N) is 1. The molecule has 0 atom stereocenters. The van der Waals surface area contributed by atoms with Gasteiger partial charge < -0.3 is 0 Å².